The summed E-state index contributed by atoms with van der Waals surface area (Å²) < 4.78 is 36.2. The summed E-state index contributed by atoms with van der Waals surface area (Å²) in [7, 11) is 1.57. The third-order valence-electron chi connectivity index (χ3n) is 6.14. The molecular weight excluding hydrogens is 517 g/mol. The Kier molecular flexibility index (Phi) is 7.68. The van der Waals surface area contributed by atoms with E-state index in [-0.39, 0.29) is 35.9 Å². The van der Waals surface area contributed by atoms with Gasteiger partial charge in [-0.2, -0.15) is 4.98 Å². The fraction of sp³-hybridized carbons (Fsp3) is 0.133. The lowest BCUT2D eigenvalue weighted by Crippen LogP contribution is -2.38. The van der Waals surface area contributed by atoms with Crippen molar-refractivity contribution in [2.45, 2.75) is 19.6 Å². The number of aryl methyl sites for hydroxylation is 1. The van der Waals surface area contributed by atoms with Crippen molar-refractivity contribution >= 4 is 12.4 Å². The average molecular weight is 542 g/mol. The van der Waals surface area contributed by atoms with Crippen molar-refractivity contribution in [1.29, 1.82) is 0 Å². The molecule has 0 saturated heterocycles. The molecular formula is C30H24FN3O6. The average Bonchev–Trinajstić information content (AvgIpc) is 3.65. The lowest BCUT2D eigenvalue weighted by atomic mass is 10.1. The number of amides is 1. The van der Waals surface area contributed by atoms with Crippen molar-refractivity contribution in [3.8, 4) is 39.9 Å². The van der Waals surface area contributed by atoms with Gasteiger partial charge in [0, 0.05) is 17.5 Å². The van der Waals surface area contributed by atoms with E-state index in [4.69, 9.17) is 18.4 Å². The number of aromatic nitrogens is 2. The number of methoxy groups -OCH3 is 1. The first-order valence-corrected chi connectivity index (χ1v) is 12.3. The summed E-state index contributed by atoms with van der Waals surface area (Å²) in [5, 5.41) is 6.49. The number of carbonyl (C=O) groups is 2. The summed E-state index contributed by atoms with van der Waals surface area (Å²) in [6.07, 6.45) is -1.06. The summed E-state index contributed by atoms with van der Waals surface area (Å²) in [6, 6.07) is 22.2. The number of nitrogens with zero attached hydrogens (tertiary/aromatic N) is 2. The van der Waals surface area contributed by atoms with Gasteiger partial charge < -0.3 is 23.7 Å². The molecule has 1 atom stereocenters. The number of rotatable bonds is 10. The van der Waals surface area contributed by atoms with E-state index in [2.05, 4.69) is 15.5 Å². The summed E-state index contributed by atoms with van der Waals surface area (Å²) in [4.78, 5) is 28.2. The molecule has 0 fully saturated rings. The van der Waals surface area contributed by atoms with Gasteiger partial charge in [0.2, 0.25) is 5.82 Å². The van der Waals surface area contributed by atoms with Gasteiger partial charge in [0.1, 0.15) is 17.3 Å². The predicted octanol–water partition coefficient (Wildman–Crippen LogP) is 5.59. The van der Waals surface area contributed by atoms with Gasteiger partial charge in [-0.15, -0.1) is 0 Å². The molecule has 10 heteroatoms. The van der Waals surface area contributed by atoms with E-state index in [0.717, 1.165) is 16.7 Å². The minimum Gasteiger partial charge on any atom is -0.497 e. The molecule has 1 unspecified atom stereocenters. The number of nitrogens with one attached hydrogen (secondary N) is 1. The van der Waals surface area contributed by atoms with Crippen molar-refractivity contribution in [2.24, 2.45) is 0 Å². The number of hydrogen-bond acceptors (Lipinski definition) is 8. The van der Waals surface area contributed by atoms with E-state index in [0.29, 0.717) is 17.1 Å². The highest BCUT2D eigenvalue weighted by atomic mass is 19.1. The second-order valence-corrected chi connectivity index (χ2v) is 8.89. The number of carbonyl (C=O) groups excluding carboxylic acids is 2. The second-order valence-electron chi connectivity index (χ2n) is 8.89. The second kappa shape index (κ2) is 11.6. The molecule has 1 N–H and O–H groups in total. The maximum atomic E-state index is 15.0. The monoisotopic (exact) mass is 541 g/mol. The van der Waals surface area contributed by atoms with Crippen LogP contribution in [0.3, 0.4) is 0 Å². The van der Waals surface area contributed by atoms with Crippen LogP contribution < -0.4 is 10.1 Å². The van der Waals surface area contributed by atoms with Crippen LogP contribution in [0.15, 0.2) is 87.8 Å². The van der Waals surface area contributed by atoms with Gasteiger partial charge in [-0.25, -0.2) is 4.39 Å². The van der Waals surface area contributed by atoms with Crippen molar-refractivity contribution in [3.63, 3.8) is 0 Å². The fourth-order valence-electron chi connectivity index (χ4n) is 4.02. The van der Waals surface area contributed by atoms with Crippen LogP contribution in [0.25, 0.3) is 34.2 Å². The summed E-state index contributed by atoms with van der Waals surface area (Å²) in [5.74, 6) is 0.363. The van der Waals surface area contributed by atoms with Gasteiger partial charge in [0.05, 0.1) is 12.7 Å². The van der Waals surface area contributed by atoms with Crippen molar-refractivity contribution in [1.82, 2.24) is 15.5 Å². The highest BCUT2D eigenvalue weighted by molar-refractivity contribution is 5.92. The molecule has 0 radical (unpaired) electrons. The maximum absolute atomic E-state index is 15.0. The molecule has 2 aromatic heterocycles. The highest BCUT2D eigenvalue weighted by Crippen LogP contribution is 2.26. The number of furan rings is 1. The van der Waals surface area contributed by atoms with Crippen LogP contribution in [-0.2, 0) is 16.0 Å². The SMILES string of the molecule is COc1ccc(-c2ccc(C(=O)NC(Cc3ccc(-c4noc(-c5ccc(C)cc5)n4)c(F)c3)OC=O)o2)cc1. The van der Waals surface area contributed by atoms with Crippen LogP contribution in [0.4, 0.5) is 4.39 Å². The van der Waals surface area contributed by atoms with Crippen molar-refractivity contribution in [2.75, 3.05) is 7.11 Å². The Balaban J connectivity index is 1.26. The molecule has 0 saturated carbocycles. The normalized spacial score (nSPS) is 11.6. The molecule has 40 heavy (non-hydrogen) atoms. The van der Waals surface area contributed by atoms with E-state index in [1.807, 2.05) is 31.2 Å². The minimum absolute atomic E-state index is 0.00852. The molecule has 202 valence electrons. The van der Waals surface area contributed by atoms with E-state index < -0.39 is 18.0 Å². The molecule has 0 aliphatic rings. The highest BCUT2D eigenvalue weighted by Gasteiger charge is 2.20. The van der Waals surface area contributed by atoms with E-state index in [1.54, 1.807) is 43.5 Å². The molecule has 0 aliphatic heterocycles. The smallest absolute Gasteiger partial charge is 0.295 e. The van der Waals surface area contributed by atoms with Gasteiger partial charge in [-0.05, 0) is 73.2 Å². The van der Waals surface area contributed by atoms with Crippen LogP contribution in [0.5, 0.6) is 5.75 Å². The van der Waals surface area contributed by atoms with Crippen LogP contribution in [0.1, 0.15) is 21.7 Å². The lowest BCUT2D eigenvalue weighted by Gasteiger charge is -2.16. The van der Waals surface area contributed by atoms with Gasteiger partial charge in [0.15, 0.2) is 12.0 Å². The molecule has 5 aromatic rings. The molecule has 0 aliphatic carbocycles. The Morgan fingerprint density at radius 3 is 2.48 bits per heavy atom. The van der Waals surface area contributed by atoms with E-state index >= 15 is 4.39 Å². The van der Waals surface area contributed by atoms with Crippen LogP contribution in [0, 0.1) is 12.7 Å². The molecule has 2 heterocycles. The standard InChI is InChI=1S/C30H24FN3O6/c1-18-3-6-21(7-4-18)30-33-28(34-40-30)23-12-5-19(15-24(23)31)16-27(38-17-35)32-29(36)26-14-13-25(39-26)20-8-10-22(37-2)11-9-20/h3-15,17,27H,16H2,1-2H3,(H,32,36). The first kappa shape index (κ1) is 26.4. The van der Waals surface area contributed by atoms with Gasteiger partial charge in [-0.1, -0.05) is 28.9 Å². The third kappa shape index (κ3) is 5.91. The van der Waals surface area contributed by atoms with Crippen molar-refractivity contribution < 1.29 is 32.4 Å². The molecule has 0 bridgehead atoms. The van der Waals surface area contributed by atoms with Crippen LogP contribution in [0.2, 0.25) is 0 Å². The minimum atomic E-state index is -1.07. The first-order valence-electron chi connectivity index (χ1n) is 12.3. The Morgan fingerprint density at radius 1 is 1.02 bits per heavy atom. The summed E-state index contributed by atoms with van der Waals surface area (Å²) in [5.41, 5.74) is 3.17. The van der Waals surface area contributed by atoms with Gasteiger partial charge in [-0.3, -0.25) is 9.59 Å². The van der Waals surface area contributed by atoms with Crippen LogP contribution >= 0.6 is 0 Å². The summed E-state index contributed by atoms with van der Waals surface area (Å²) >= 11 is 0. The number of hydrogen-bond donors (Lipinski definition) is 1. The fourth-order valence-corrected chi connectivity index (χ4v) is 4.02. The quantitative estimate of drug-likeness (QED) is 0.180. The van der Waals surface area contributed by atoms with Crippen molar-refractivity contribution in [3.05, 3.63) is 102 Å². The van der Waals surface area contributed by atoms with Gasteiger partial charge >= 0.3 is 0 Å². The zero-order chi connectivity index (χ0) is 28.1. The number of ether oxygens (including phenoxy) is 2. The lowest BCUT2D eigenvalue weighted by molar-refractivity contribution is -0.134. The Bertz CT molecular complexity index is 1630. The zero-order valence-electron chi connectivity index (χ0n) is 21.6. The Hall–Kier alpha value is -5.25. The predicted molar refractivity (Wildman–Crippen MR) is 143 cm³/mol. The Labute approximate surface area is 228 Å². The Morgan fingerprint density at radius 2 is 1.77 bits per heavy atom. The molecule has 0 spiro atoms. The summed E-state index contributed by atoms with van der Waals surface area (Å²) in [6.45, 7) is 2.18. The zero-order valence-corrected chi connectivity index (χ0v) is 21.6. The van der Waals surface area contributed by atoms with Crippen LogP contribution in [-0.4, -0.2) is 35.9 Å². The molecule has 5 rings (SSSR count). The topological polar surface area (TPSA) is 117 Å². The first-order chi connectivity index (χ1) is 19.4. The van der Waals surface area contributed by atoms with E-state index in [9.17, 15) is 9.59 Å². The van der Waals surface area contributed by atoms with Gasteiger partial charge in [0.25, 0.3) is 18.3 Å². The number of halogens is 1. The number of benzene rings is 3. The third-order valence-corrected chi connectivity index (χ3v) is 6.14. The van der Waals surface area contributed by atoms with E-state index in [1.165, 1.54) is 18.2 Å². The molecule has 9 nitrogen and oxygen atoms in total. The maximum Gasteiger partial charge on any atom is 0.295 e. The molecule has 3 aromatic carbocycles. The molecule has 1 amide bonds. The largest absolute Gasteiger partial charge is 0.497 e.